The van der Waals surface area contributed by atoms with Crippen LogP contribution in [0.1, 0.15) is 32.6 Å². The van der Waals surface area contributed by atoms with Crippen molar-refractivity contribution in [2.75, 3.05) is 6.61 Å². The molecule has 1 aliphatic rings. The summed E-state index contributed by atoms with van der Waals surface area (Å²) in [4.78, 5) is 11.2. The van der Waals surface area contributed by atoms with Crippen molar-refractivity contribution in [1.29, 1.82) is 0 Å². The summed E-state index contributed by atoms with van der Waals surface area (Å²) in [6.07, 6.45) is 4.56. The lowest BCUT2D eigenvalue weighted by Crippen LogP contribution is -2.24. The maximum absolute atomic E-state index is 11.2. The molecule has 1 saturated carbocycles. The fourth-order valence-corrected chi connectivity index (χ4v) is 1.98. The van der Waals surface area contributed by atoms with E-state index in [1.807, 2.05) is 0 Å². The zero-order valence-electron chi connectivity index (χ0n) is 7.38. The summed E-state index contributed by atoms with van der Waals surface area (Å²) >= 11 is 5.94. The number of ether oxygens (including phenoxy) is 1. The predicted molar refractivity (Wildman–Crippen MR) is 48.2 cm³/mol. The van der Waals surface area contributed by atoms with Crippen molar-refractivity contribution in [3.8, 4) is 0 Å². The van der Waals surface area contributed by atoms with Gasteiger partial charge in [0.15, 0.2) is 0 Å². The zero-order chi connectivity index (χ0) is 8.97. The largest absolute Gasteiger partial charge is 0.465 e. The molecule has 3 heteroatoms. The molecule has 1 fully saturated rings. The first-order valence-corrected chi connectivity index (χ1v) is 5.00. The highest BCUT2D eigenvalue weighted by Gasteiger charge is 2.29. The molecule has 0 unspecified atom stereocenters. The van der Waals surface area contributed by atoms with Gasteiger partial charge in [-0.15, -0.1) is 11.6 Å². The van der Waals surface area contributed by atoms with Crippen LogP contribution in [0.5, 0.6) is 0 Å². The third-order valence-corrected chi connectivity index (χ3v) is 2.86. The van der Waals surface area contributed by atoms with Crippen LogP contribution in [-0.4, -0.2) is 18.0 Å². The van der Waals surface area contributed by atoms with Gasteiger partial charge >= 0.3 is 5.97 Å². The summed E-state index contributed by atoms with van der Waals surface area (Å²) in [6, 6.07) is 0. The molecular weight excluding hydrogens is 176 g/mol. The topological polar surface area (TPSA) is 26.3 Å². The van der Waals surface area contributed by atoms with Crippen LogP contribution < -0.4 is 0 Å². The first kappa shape index (κ1) is 9.85. The fraction of sp³-hybridized carbons (Fsp3) is 0.889. The van der Waals surface area contributed by atoms with Gasteiger partial charge in [-0.05, 0) is 25.7 Å². The maximum atomic E-state index is 11.2. The maximum Gasteiger partial charge on any atom is 0.324 e. The van der Waals surface area contributed by atoms with Crippen LogP contribution >= 0.6 is 11.6 Å². The second-order valence-electron chi connectivity index (χ2n) is 3.20. The quantitative estimate of drug-likeness (QED) is 0.505. The normalized spacial score (nSPS) is 20.8. The summed E-state index contributed by atoms with van der Waals surface area (Å²) < 4.78 is 4.85. The third kappa shape index (κ3) is 2.37. The van der Waals surface area contributed by atoms with E-state index in [1.165, 1.54) is 12.8 Å². The van der Waals surface area contributed by atoms with Crippen LogP contribution in [-0.2, 0) is 9.53 Å². The fourth-order valence-electron chi connectivity index (χ4n) is 1.66. The first-order valence-electron chi connectivity index (χ1n) is 4.56. The van der Waals surface area contributed by atoms with Crippen LogP contribution in [0.3, 0.4) is 0 Å². The Morgan fingerprint density at radius 3 is 2.67 bits per heavy atom. The Morgan fingerprint density at radius 2 is 2.17 bits per heavy atom. The Labute approximate surface area is 78.2 Å². The van der Waals surface area contributed by atoms with Crippen molar-refractivity contribution in [2.24, 2.45) is 5.92 Å². The van der Waals surface area contributed by atoms with Crippen molar-refractivity contribution in [3.05, 3.63) is 0 Å². The number of halogens is 1. The average Bonchev–Trinajstić information content (AvgIpc) is 2.55. The molecule has 12 heavy (non-hydrogen) atoms. The second kappa shape index (κ2) is 4.70. The molecule has 1 rings (SSSR count). The van der Waals surface area contributed by atoms with E-state index in [0.717, 1.165) is 12.8 Å². The van der Waals surface area contributed by atoms with E-state index in [4.69, 9.17) is 16.3 Å². The number of carbonyl (C=O) groups is 1. The van der Waals surface area contributed by atoms with Crippen LogP contribution in [0, 0.1) is 5.92 Å². The SMILES string of the molecule is CCOC(=O)[C@@H](Cl)C1CCCC1. The highest BCUT2D eigenvalue weighted by Crippen LogP contribution is 2.30. The number of hydrogen-bond donors (Lipinski definition) is 0. The summed E-state index contributed by atoms with van der Waals surface area (Å²) in [5, 5.41) is -0.410. The minimum absolute atomic E-state index is 0.244. The summed E-state index contributed by atoms with van der Waals surface area (Å²) in [7, 11) is 0. The Morgan fingerprint density at radius 1 is 1.58 bits per heavy atom. The van der Waals surface area contributed by atoms with Crippen molar-refractivity contribution in [3.63, 3.8) is 0 Å². The van der Waals surface area contributed by atoms with E-state index in [-0.39, 0.29) is 5.97 Å². The molecule has 0 saturated heterocycles. The van der Waals surface area contributed by atoms with Crippen molar-refractivity contribution >= 4 is 17.6 Å². The van der Waals surface area contributed by atoms with Gasteiger partial charge in [-0.2, -0.15) is 0 Å². The van der Waals surface area contributed by atoms with Gasteiger partial charge in [-0.3, -0.25) is 4.79 Å². The highest BCUT2D eigenvalue weighted by atomic mass is 35.5. The highest BCUT2D eigenvalue weighted by molar-refractivity contribution is 6.30. The molecule has 0 bridgehead atoms. The number of hydrogen-bond acceptors (Lipinski definition) is 2. The van der Waals surface area contributed by atoms with Gasteiger partial charge in [0.25, 0.3) is 0 Å². The zero-order valence-corrected chi connectivity index (χ0v) is 8.14. The first-order chi connectivity index (χ1) is 5.75. The Bertz CT molecular complexity index is 153. The molecule has 0 aliphatic heterocycles. The van der Waals surface area contributed by atoms with Crippen molar-refractivity contribution in [1.82, 2.24) is 0 Å². The summed E-state index contributed by atoms with van der Waals surface area (Å²) in [6.45, 7) is 2.23. The second-order valence-corrected chi connectivity index (χ2v) is 3.67. The minimum atomic E-state index is -0.410. The van der Waals surface area contributed by atoms with E-state index in [9.17, 15) is 4.79 Å². The average molecular weight is 191 g/mol. The minimum Gasteiger partial charge on any atom is -0.465 e. The van der Waals surface area contributed by atoms with E-state index in [2.05, 4.69) is 0 Å². The molecule has 0 amide bonds. The molecule has 0 radical (unpaired) electrons. The lowest BCUT2D eigenvalue weighted by molar-refractivity contribution is -0.143. The number of rotatable bonds is 3. The van der Waals surface area contributed by atoms with E-state index in [0.29, 0.717) is 12.5 Å². The molecule has 70 valence electrons. The van der Waals surface area contributed by atoms with Gasteiger partial charge in [0.1, 0.15) is 5.38 Å². The van der Waals surface area contributed by atoms with Crippen LogP contribution in [0.25, 0.3) is 0 Å². The van der Waals surface area contributed by atoms with Crippen LogP contribution in [0.15, 0.2) is 0 Å². The smallest absolute Gasteiger partial charge is 0.324 e. The molecule has 0 N–H and O–H groups in total. The molecular formula is C9H15ClO2. The molecule has 1 atom stereocenters. The lowest BCUT2D eigenvalue weighted by Gasteiger charge is -2.14. The number of alkyl halides is 1. The van der Waals surface area contributed by atoms with Crippen molar-refractivity contribution in [2.45, 2.75) is 38.0 Å². The van der Waals surface area contributed by atoms with Gasteiger partial charge in [-0.25, -0.2) is 0 Å². The van der Waals surface area contributed by atoms with E-state index >= 15 is 0 Å². The lowest BCUT2D eigenvalue weighted by atomic mass is 10.0. The molecule has 0 aromatic heterocycles. The Kier molecular flexibility index (Phi) is 3.86. The predicted octanol–water partition coefficient (Wildman–Crippen LogP) is 2.35. The Hall–Kier alpha value is -0.240. The third-order valence-electron chi connectivity index (χ3n) is 2.33. The van der Waals surface area contributed by atoms with Crippen LogP contribution in [0.4, 0.5) is 0 Å². The molecule has 1 aliphatic carbocycles. The molecule has 2 nitrogen and oxygen atoms in total. The standard InChI is InChI=1S/C9H15ClO2/c1-2-12-9(11)8(10)7-5-3-4-6-7/h7-8H,2-6H2,1H3/t8-/m0/s1. The Balaban J connectivity index is 2.34. The van der Waals surface area contributed by atoms with E-state index < -0.39 is 5.38 Å². The van der Waals surface area contributed by atoms with Crippen LogP contribution in [0.2, 0.25) is 0 Å². The summed E-state index contributed by atoms with van der Waals surface area (Å²) in [5.41, 5.74) is 0. The summed E-state index contributed by atoms with van der Waals surface area (Å²) in [5.74, 6) is 0.108. The van der Waals surface area contributed by atoms with Gasteiger partial charge in [-0.1, -0.05) is 12.8 Å². The van der Waals surface area contributed by atoms with E-state index in [1.54, 1.807) is 6.92 Å². The molecule has 0 aromatic rings. The van der Waals surface area contributed by atoms with Gasteiger partial charge in [0.05, 0.1) is 6.61 Å². The van der Waals surface area contributed by atoms with Gasteiger partial charge in [0.2, 0.25) is 0 Å². The van der Waals surface area contributed by atoms with Gasteiger partial charge < -0.3 is 4.74 Å². The number of esters is 1. The number of carbonyl (C=O) groups excluding carboxylic acids is 1. The molecule has 0 heterocycles. The monoisotopic (exact) mass is 190 g/mol. The van der Waals surface area contributed by atoms with Gasteiger partial charge in [0, 0.05) is 0 Å². The molecule has 0 aromatic carbocycles. The van der Waals surface area contributed by atoms with Crippen molar-refractivity contribution < 1.29 is 9.53 Å². The molecule has 0 spiro atoms.